The molecule has 0 radical (unpaired) electrons. The predicted octanol–water partition coefficient (Wildman–Crippen LogP) is 5.75. The van der Waals surface area contributed by atoms with Gasteiger partial charge in [0, 0.05) is 18.1 Å². The van der Waals surface area contributed by atoms with Gasteiger partial charge in [-0.05, 0) is 44.5 Å². The van der Waals surface area contributed by atoms with Gasteiger partial charge in [0.05, 0.1) is 22.2 Å². The van der Waals surface area contributed by atoms with Gasteiger partial charge >= 0.3 is 6.09 Å². The monoisotopic (exact) mass is 564 g/mol. The SMILES string of the molecule is CC(=O)NC(=NC(=O)OC(C)(C)C)NC(=O)c1c(OCc2ccccc2)ccc(C#N)c1-c1cccc(F)c1Cl. The third-order valence-electron chi connectivity index (χ3n) is 5.10. The molecule has 0 bridgehead atoms. The summed E-state index contributed by atoms with van der Waals surface area (Å²) in [4.78, 5) is 41.6. The summed E-state index contributed by atoms with van der Waals surface area (Å²) in [5.74, 6) is -2.83. The Labute approximate surface area is 235 Å². The number of nitrogens with one attached hydrogen (secondary N) is 2. The van der Waals surface area contributed by atoms with E-state index in [1.165, 1.54) is 24.3 Å². The van der Waals surface area contributed by atoms with E-state index in [4.69, 9.17) is 21.1 Å². The Kier molecular flexibility index (Phi) is 9.59. The molecule has 0 saturated carbocycles. The summed E-state index contributed by atoms with van der Waals surface area (Å²) < 4.78 is 25.6. The van der Waals surface area contributed by atoms with E-state index in [2.05, 4.69) is 15.6 Å². The summed E-state index contributed by atoms with van der Waals surface area (Å²) in [5, 5.41) is 14.2. The van der Waals surface area contributed by atoms with Crippen LogP contribution in [0, 0.1) is 17.1 Å². The zero-order chi connectivity index (χ0) is 29.4. The zero-order valence-electron chi connectivity index (χ0n) is 22.2. The number of carbonyl (C=O) groups is 3. The van der Waals surface area contributed by atoms with Crippen LogP contribution in [-0.4, -0.2) is 29.5 Å². The zero-order valence-corrected chi connectivity index (χ0v) is 22.9. The molecule has 0 atom stereocenters. The van der Waals surface area contributed by atoms with Gasteiger partial charge in [-0.25, -0.2) is 9.18 Å². The highest BCUT2D eigenvalue weighted by Gasteiger charge is 2.26. The lowest BCUT2D eigenvalue weighted by Gasteiger charge is -2.19. The molecule has 3 amide bonds. The van der Waals surface area contributed by atoms with Crippen molar-refractivity contribution in [2.24, 2.45) is 4.99 Å². The van der Waals surface area contributed by atoms with Crippen molar-refractivity contribution in [2.45, 2.75) is 39.9 Å². The van der Waals surface area contributed by atoms with Crippen LogP contribution in [0.25, 0.3) is 11.1 Å². The second kappa shape index (κ2) is 12.9. The Bertz CT molecular complexity index is 1510. The fourth-order valence-electron chi connectivity index (χ4n) is 3.53. The maximum atomic E-state index is 14.5. The summed E-state index contributed by atoms with van der Waals surface area (Å²) in [5.41, 5.74) is -0.283. The average molecular weight is 565 g/mol. The van der Waals surface area contributed by atoms with Crippen molar-refractivity contribution in [3.63, 3.8) is 0 Å². The number of carbonyl (C=O) groups excluding carboxylic acids is 3. The number of rotatable bonds is 5. The minimum absolute atomic E-state index is 0.00475. The normalized spacial score (nSPS) is 11.3. The molecule has 0 fully saturated rings. The smallest absolute Gasteiger partial charge is 0.437 e. The average Bonchev–Trinajstić information content (AvgIpc) is 2.87. The van der Waals surface area contributed by atoms with E-state index in [1.807, 2.05) is 36.4 Å². The molecular weight excluding hydrogens is 539 g/mol. The van der Waals surface area contributed by atoms with Crippen LogP contribution in [0.3, 0.4) is 0 Å². The molecule has 0 aliphatic heterocycles. The molecule has 9 nitrogen and oxygen atoms in total. The van der Waals surface area contributed by atoms with Crippen LogP contribution in [0.2, 0.25) is 5.02 Å². The van der Waals surface area contributed by atoms with Gasteiger partial charge in [0.2, 0.25) is 11.9 Å². The highest BCUT2D eigenvalue weighted by Crippen LogP contribution is 2.39. The maximum Gasteiger partial charge on any atom is 0.437 e. The van der Waals surface area contributed by atoms with Crippen LogP contribution in [0.15, 0.2) is 65.7 Å². The van der Waals surface area contributed by atoms with Crippen molar-refractivity contribution >= 4 is 35.5 Å². The molecule has 3 aromatic carbocycles. The highest BCUT2D eigenvalue weighted by molar-refractivity contribution is 6.34. The van der Waals surface area contributed by atoms with Crippen molar-refractivity contribution in [1.82, 2.24) is 10.6 Å². The van der Waals surface area contributed by atoms with Crippen LogP contribution in [-0.2, 0) is 16.1 Å². The molecule has 40 heavy (non-hydrogen) atoms. The number of nitrogens with zero attached hydrogens (tertiary/aromatic N) is 2. The van der Waals surface area contributed by atoms with E-state index in [0.717, 1.165) is 18.6 Å². The number of halogens is 2. The van der Waals surface area contributed by atoms with E-state index in [-0.39, 0.29) is 39.6 Å². The van der Waals surface area contributed by atoms with Crippen LogP contribution < -0.4 is 15.4 Å². The van der Waals surface area contributed by atoms with Crippen LogP contribution >= 0.6 is 11.6 Å². The first kappa shape index (κ1) is 29.8. The predicted molar refractivity (Wildman–Crippen MR) is 147 cm³/mol. The van der Waals surface area contributed by atoms with Crippen LogP contribution in [0.1, 0.15) is 49.2 Å². The molecule has 0 aromatic heterocycles. The van der Waals surface area contributed by atoms with Crippen LogP contribution in [0.5, 0.6) is 5.75 Å². The number of amides is 3. The third kappa shape index (κ3) is 7.88. The van der Waals surface area contributed by atoms with Crippen molar-refractivity contribution in [1.29, 1.82) is 5.26 Å². The first-order valence-corrected chi connectivity index (χ1v) is 12.4. The quantitative estimate of drug-likeness (QED) is 0.299. The second-order valence-corrected chi connectivity index (χ2v) is 9.80. The van der Waals surface area contributed by atoms with Gasteiger partial charge in [-0.1, -0.05) is 54.1 Å². The van der Waals surface area contributed by atoms with E-state index in [1.54, 1.807) is 20.8 Å². The fourth-order valence-corrected chi connectivity index (χ4v) is 3.75. The number of guanidine groups is 1. The molecule has 0 spiro atoms. The lowest BCUT2D eigenvalue weighted by atomic mass is 9.93. The minimum Gasteiger partial charge on any atom is -0.488 e. The molecule has 11 heteroatoms. The van der Waals surface area contributed by atoms with E-state index < -0.39 is 35.3 Å². The third-order valence-corrected chi connectivity index (χ3v) is 5.48. The number of benzene rings is 3. The topological polar surface area (TPSA) is 130 Å². The second-order valence-electron chi connectivity index (χ2n) is 9.42. The van der Waals surface area contributed by atoms with Gasteiger partial charge < -0.3 is 9.47 Å². The van der Waals surface area contributed by atoms with Gasteiger partial charge in [0.25, 0.3) is 5.91 Å². The van der Waals surface area contributed by atoms with E-state index in [0.29, 0.717) is 0 Å². The first-order chi connectivity index (χ1) is 18.9. The van der Waals surface area contributed by atoms with Gasteiger partial charge in [0.1, 0.15) is 23.8 Å². The molecular formula is C29H26ClFN4O5. The summed E-state index contributed by atoms with van der Waals surface area (Å²) in [7, 11) is 0. The minimum atomic E-state index is -1.07. The number of hydrogen-bond donors (Lipinski definition) is 2. The first-order valence-electron chi connectivity index (χ1n) is 12.0. The van der Waals surface area contributed by atoms with E-state index in [9.17, 15) is 24.0 Å². The van der Waals surface area contributed by atoms with Crippen LogP contribution in [0.4, 0.5) is 9.18 Å². The van der Waals surface area contributed by atoms with Crippen molar-refractivity contribution in [3.05, 3.63) is 88.2 Å². The molecule has 0 unspecified atom stereocenters. The molecule has 0 saturated heterocycles. The molecule has 3 rings (SSSR count). The summed E-state index contributed by atoms with van der Waals surface area (Å²) >= 11 is 6.26. The van der Waals surface area contributed by atoms with E-state index >= 15 is 0 Å². The van der Waals surface area contributed by atoms with Crippen molar-refractivity contribution in [2.75, 3.05) is 0 Å². The number of ether oxygens (including phenoxy) is 2. The Morgan fingerprint density at radius 2 is 1.73 bits per heavy atom. The Morgan fingerprint density at radius 1 is 1.02 bits per heavy atom. The van der Waals surface area contributed by atoms with Crippen molar-refractivity contribution < 1.29 is 28.2 Å². The number of aliphatic imine (C=N–C) groups is 1. The number of hydrogen-bond acceptors (Lipinski definition) is 6. The lowest BCUT2D eigenvalue weighted by Crippen LogP contribution is -2.44. The number of nitriles is 1. The molecule has 0 aliphatic carbocycles. The summed E-state index contributed by atoms with van der Waals surface area (Å²) in [6, 6.07) is 17.9. The van der Waals surface area contributed by atoms with Gasteiger partial charge in [-0.2, -0.15) is 5.26 Å². The largest absolute Gasteiger partial charge is 0.488 e. The molecule has 206 valence electrons. The Balaban J connectivity index is 2.16. The molecule has 0 aliphatic rings. The summed E-state index contributed by atoms with van der Waals surface area (Å²) in [6.45, 7) is 6.06. The maximum absolute atomic E-state index is 14.5. The lowest BCUT2D eigenvalue weighted by molar-refractivity contribution is -0.117. The molecule has 0 heterocycles. The van der Waals surface area contributed by atoms with Gasteiger partial charge in [0.15, 0.2) is 0 Å². The fraction of sp³-hybridized carbons (Fsp3) is 0.207. The van der Waals surface area contributed by atoms with Crippen molar-refractivity contribution in [3.8, 4) is 22.9 Å². The Hall–Kier alpha value is -4.75. The summed E-state index contributed by atoms with van der Waals surface area (Å²) in [6.07, 6.45) is -1.07. The van der Waals surface area contributed by atoms with Gasteiger partial charge in [-0.3, -0.25) is 20.2 Å². The molecule has 3 aromatic rings. The standard InChI is InChI=1S/C29H26ClFN4O5/c1-17(36)33-27(35-28(38)40-29(2,3)4)34-26(37)24-22(39-16-18-9-6-5-7-10-18)14-13-19(15-32)23(24)20-11-8-12-21(31)25(20)30/h5-14H,16H2,1-4H3,(H2,33,34,35,36,37,38). The molecule has 2 N–H and O–H groups in total. The Morgan fingerprint density at radius 3 is 2.35 bits per heavy atom. The van der Waals surface area contributed by atoms with Gasteiger partial charge in [-0.15, -0.1) is 4.99 Å². The highest BCUT2D eigenvalue weighted by atomic mass is 35.5.